The van der Waals surface area contributed by atoms with Gasteiger partial charge in [-0.15, -0.1) is 11.3 Å². The Hall–Kier alpha value is -2.46. The summed E-state index contributed by atoms with van der Waals surface area (Å²) in [6, 6.07) is 7.68. The lowest BCUT2D eigenvalue weighted by atomic mass is 9.86. The second-order valence-electron chi connectivity index (χ2n) is 6.19. The van der Waals surface area contributed by atoms with Crippen LogP contribution in [0.5, 0.6) is 5.75 Å². The molecular formula is C19H18F2N2O2S. The minimum Gasteiger partial charge on any atom is -0.435 e. The molecule has 0 saturated heterocycles. The van der Waals surface area contributed by atoms with Crippen LogP contribution in [0.3, 0.4) is 0 Å². The fraction of sp³-hybridized carbons (Fsp3) is 0.368. The maximum atomic E-state index is 12.4. The lowest BCUT2D eigenvalue weighted by molar-refractivity contribution is -0.0498. The molecule has 0 radical (unpaired) electrons. The van der Waals surface area contributed by atoms with Crippen LogP contribution in [0.4, 0.5) is 13.8 Å². The molecule has 136 valence electrons. The predicted octanol–water partition coefficient (Wildman–Crippen LogP) is 4.99. The molecule has 26 heavy (non-hydrogen) atoms. The largest absolute Gasteiger partial charge is 0.435 e. The molecule has 4 nitrogen and oxygen atoms in total. The van der Waals surface area contributed by atoms with Crippen molar-refractivity contribution in [2.45, 2.75) is 39.2 Å². The molecule has 1 N–H and O–H groups in total. The van der Waals surface area contributed by atoms with E-state index in [-0.39, 0.29) is 11.7 Å². The van der Waals surface area contributed by atoms with Crippen LogP contribution in [0.1, 0.15) is 46.1 Å². The lowest BCUT2D eigenvalue weighted by Crippen LogP contribution is -2.13. The van der Waals surface area contributed by atoms with Gasteiger partial charge in [0.15, 0.2) is 0 Å². The summed E-state index contributed by atoms with van der Waals surface area (Å²) in [7, 11) is 0. The van der Waals surface area contributed by atoms with E-state index in [4.69, 9.17) is 0 Å². The van der Waals surface area contributed by atoms with Gasteiger partial charge in [0.1, 0.15) is 16.8 Å². The summed E-state index contributed by atoms with van der Waals surface area (Å²) >= 11 is 1.46. The zero-order valence-electron chi connectivity index (χ0n) is 14.2. The summed E-state index contributed by atoms with van der Waals surface area (Å²) < 4.78 is 28.6. The standard InChI is InChI=1S/C19H18F2N2O2S/c1-2-11-3-8-14-15(10-22)18(26-16(14)9-11)23-17(24)12-4-6-13(7-5-12)25-19(20)21/h4-7,11,19H,2-3,8-9H2,1H3,(H,23,24)/t11-/m0/s1. The van der Waals surface area contributed by atoms with Gasteiger partial charge in [-0.1, -0.05) is 13.3 Å². The first-order chi connectivity index (χ1) is 12.5. The zero-order valence-corrected chi connectivity index (χ0v) is 15.0. The smallest absolute Gasteiger partial charge is 0.387 e. The molecule has 0 unspecified atom stereocenters. The van der Waals surface area contributed by atoms with Crippen molar-refractivity contribution >= 4 is 22.2 Å². The highest BCUT2D eigenvalue weighted by Crippen LogP contribution is 2.40. The third kappa shape index (κ3) is 3.86. The number of halogens is 2. The topological polar surface area (TPSA) is 62.1 Å². The molecule has 1 atom stereocenters. The fourth-order valence-corrected chi connectivity index (χ4v) is 4.48. The van der Waals surface area contributed by atoms with E-state index in [9.17, 15) is 18.8 Å². The number of benzene rings is 1. The Labute approximate surface area is 154 Å². The predicted molar refractivity (Wildman–Crippen MR) is 95.9 cm³/mol. The van der Waals surface area contributed by atoms with Crippen molar-refractivity contribution in [3.8, 4) is 11.8 Å². The minimum absolute atomic E-state index is 0.00791. The van der Waals surface area contributed by atoms with E-state index < -0.39 is 6.61 Å². The number of thiophene rings is 1. The lowest BCUT2D eigenvalue weighted by Gasteiger charge is -2.20. The normalized spacial score (nSPS) is 16.0. The summed E-state index contributed by atoms with van der Waals surface area (Å²) in [5.74, 6) is 0.237. The van der Waals surface area contributed by atoms with Crippen molar-refractivity contribution < 1.29 is 18.3 Å². The number of fused-ring (bicyclic) bond motifs is 1. The first kappa shape index (κ1) is 18.3. The van der Waals surface area contributed by atoms with Crippen LogP contribution < -0.4 is 10.1 Å². The monoisotopic (exact) mass is 376 g/mol. The number of nitrogens with zero attached hydrogens (tertiary/aromatic N) is 1. The molecule has 3 rings (SSSR count). The van der Waals surface area contributed by atoms with Crippen LogP contribution in [0.25, 0.3) is 0 Å². The first-order valence-electron chi connectivity index (χ1n) is 8.42. The van der Waals surface area contributed by atoms with E-state index in [0.717, 1.165) is 31.2 Å². The molecule has 0 spiro atoms. The Bertz CT molecular complexity index is 840. The number of nitriles is 1. The van der Waals surface area contributed by atoms with Crippen LogP contribution >= 0.6 is 11.3 Å². The van der Waals surface area contributed by atoms with E-state index in [0.29, 0.717) is 22.0 Å². The van der Waals surface area contributed by atoms with Gasteiger partial charge in [-0.05, 0) is 55.0 Å². The van der Waals surface area contributed by atoms with Crippen LogP contribution in [-0.4, -0.2) is 12.5 Å². The highest BCUT2D eigenvalue weighted by atomic mass is 32.1. The molecular weight excluding hydrogens is 358 g/mol. The number of ether oxygens (including phenoxy) is 1. The SMILES string of the molecule is CC[C@H]1CCc2c(sc(NC(=O)c3ccc(OC(F)F)cc3)c2C#N)C1. The Kier molecular flexibility index (Phi) is 5.52. The van der Waals surface area contributed by atoms with Crippen molar-refractivity contribution in [2.24, 2.45) is 5.92 Å². The summed E-state index contributed by atoms with van der Waals surface area (Å²) in [5.41, 5.74) is 1.91. The molecule has 1 aliphatic rings. The minimum atomic E-state index is -2.91. The number of hydrogen-bond acceptors (Lipinski definition) is 4. The fourth-order valence-electron chi connectivity index (χ4n) is 3.17. The third-order valence-corrected chi connectivity index (χ3v) is 5.80. The van der Waals surface area contributed by atoms with E-state index in [1.165, 1.54) is 40.5 Å². The number of rotatable bonds is 5. The maximum Gasteiger partial charge on any atom is 0.387 e. The Morgan fingerprint density at radius 1 is 1.42 bits per heavy atom. The average Bonchev–Trinajstić information content (AvgIpc) is 2.97. The van der Waals surface area contributed by atoms with Crippen molar-refractivity contribution in [3.63, 3.8) is 0 Å². The molecule has 1 heterocycles. The van der Waals surface area contributed by atoms with E-state index in [1.807, 2.05) is 0 Å². The number of carbonyl (C=O) groups is 1. The van der Waals surface area contributed by atoms with Crippen LogP contribution in [0.15, 0.2) is 24.3 Å². The quantitative estimate of drug-likeness (QED) is 0.800. The molecule has 0 aliphatic heterocycles. The number of nitrogens with one attached hydrogen (secondary N) is 1. The van der Waals surface area contributed by atoms with E-state index in [2.05, 4.69) is 23.0 Å². The molecule has 2 aromatic rings. The molecule has 0 fully saturated rings. The first-order valence-corrected chi connectivity index (χ1v) is 9.24. The molecule has 0 saturated carbocycles. The van der Waals surface area contributed by atoms with Gasteiger partial charge in [-0.3, -0.25) is 4.79 Å². The van der Waals surface area contributed by atoms with E-state index in [1.54, 1.807) is 0 Å². The average molecular weight is 376 g/mol. The van der Waals surface area contributed by atoms with E-state index >= 15 is 0 Å². The number of alkyl halides is 2. The second-order valence-corrected chi connectivity index (χ2v) is 7.30. The van der Waals surface area contributed by atoms with Crippen LogP contribution in [0, 0.1) is 17.2 Å². The molecule has 0 bridgehead atoms. The molecule has 1 amide bonds. The van der Waals surface area contributed by atoms with Crippen molar-refractivity contribution in [2.75, 3.05) is 5.32 Å². The van der Waals surface area contributed by atoms with Gasteiger partial charge in [0.05, 0.1) is 5.56 Å². The molecule has 1 aliphatic carbocycles. The van der Waals surface area contributed by atoms with Gasteiger partial charge in [0.25, 0.3) is 5.91 Å². The van der Waals surface area contributed by atoms with Gasteiger partial charge < -0.3 is 10.1 Å². The van der Waals surface area contributed by atoms with Crippen LogP contribution in [0.2, 0.25) is 0 Å². The Morgan fingerprint density at radius 3 is 2.77 bits per heavy atom. The summed E-state index contributed by atoms with van der Waals surface area (Å²) in [6.07, 6.45) is 3.98. The van der Waals surface area contributed by atoms with Crippen molar-refractivity contribution in [1.82, 2.24) is 0 Å². The maximum absolute atomic E-state index is 12.4. The highest BCUT2D eigenvalue weighted by Gasteiger charge is 2.25. The van der Waals surface area contributed by atoms with Gasteiger partial charge in [-0.2, -0.15) is 14.0 Å². The van der Waals surface area contributed by atoms with Gasteiger partial charge in [0.2, 0.25) is 0 Å². The Balaban J connectivity index is 1.77. The number of anilines is 1. The van der Waals surface area contributed by atoms with Crippen molar-refractivity contribution in [1.29, 1.82) is 5.26 Å². The Morgan fingerprint density at radius 2 is 2.15 bits per heavy atom. The molecule has 7 heteroatoms. The molecule has 1 aromatic carbocycles. The second kappa shape index (κ2) is 7.83. The van der Waals surface area contributed by atoms with Gasteiger partial charge in [-0.25, -0.2) is 0 Å². The summed E-state index contributed by atoms with van der Waals surface area (Å²) in [6.45, 7) is -0.740. The van der Waals surface area contributed by atoms with Crippen molar-refractivity contribution in [3.05, 3.63) is 45.8 Å². The summed E-state index contributed by atoms with van der Waals surface area (Å²) in [4.78, 5) is 13.6. The van der Waals surface area contributed by atoms with Gasteiger partial charge >= 0.3 is 6.61 Å². The zero-order chi connectivity index (χ0) is 18.7. The number of hydrogen-bond donors (Lipinski definition) is 1. The number of amides is 1. The van der Waals surface area contributed by atoms with Gasteiger partial charge in [0, 0.05) is 10.4 Å². The van der Waals surface area contributed by atoms with Crippen LogP contribution in [-0.2, 0) is 12.8 Å². The molecule has 1 aromatic heterocycles. The highest BCUT2D eigenvalue weighted by molar-refractivity contribution is 7.16. The number of carbonyl (C=O) groups excluding carboxylic acids is 1. The third-order valence-electron chi connectivity index (χ3n) is 4.63. The summed E-state index contributed by atoms with van der Waals surface area (Å²) in [5, 5.41) is 12.9.